The highest BCUT2D eigenvalue weighted by Gasteiger charge is 2.22. The van der Waals surface area contributed by atoms with Crippen LogP contribution in [0.3, 0.4) is 0 Å². The van der Waals surface area contributed by atoms with E-state index < -0.39 is 0 Å². The summed E-state index contributed by atoms with van der Waals surface area (Å²) in [5.74, 6) is 0.530. The van der Waals surface area contributed by atoms with Crippen molar-refractivity contribution in [2.45, 2.75) is 40.5 Å². The number of carbonyl (C=O) groups excluding carboxylic acids is 2. The first-order chi connectivity index (χ1) is 19.5. The fourth-order valence-electron chi connectivity index (χ4n) is 5.18. The van der Waals surface area contributed by atoms with Crippen LogP contribution in [0.2, 0.25) is 0 Å². The fraction of sp³-hybridized carbons (Fsp3) is 0.211. The van der Waals surface area contributed by atoms with Crippen molar-refractivity contribution in [1.82, 2.24) is 0 Å². The maximum Gasteiger partial charge on any atom is 0.143 e. The van der Waals surface area contributed by atoms with E-state index in [2.05, 4.69) is 60.7 Å². The molecule has 2 atom stereocenters. The first-order valence-corrected chi connectivity index (χ1v) is 14.3. The van der Waals surface area contributed by atoms with Crippen LogP contribution in [0.5, 0.6) is 0 Å². The summed E-state index contributed by atoms with van der Waals surface area (Å²) in [6.45, 7) is 7.97. The van der Waals surface area contributed by atoms with Crippen LogP contribution in [0.25, 0.3) is 11.1 Å². The maximum absolute atomic E-state index is 12.1. The minimum absolute atomic E-state index is 0.0254. The van der Waals surface area contributed by atoms with Gasteiger partial charge < -0.3 is 0 Å². The lowest BCUT2D eigenvalue weighted by Gasteiger charge is -2.10. The molecule has 202 valence electrons. The fourth-order valence-corrected chi connectivity index (χ4v) is 5.18. The third-order valence-electron chi connectivity index (χ3n) is 7.36. The van der Waals surface area contributed by atoms with E-state index >= 15 is 0 Å². The molecule has 4 aromatic carbocycles. The van der Waals surface area contributed by atoms with Crippen molar-refractivity contribution in [2.75, 3.05) is 0 Å². The minimum atomic E-state index is -0.0254. The highest BCUT2D eigenvalue weighted by atomic mass is 16.1. The molecule has 0 amide bonds. The summed E-state index contributed by atoms with van der Waals surface area (Å²) in [5.41, 5.74) is 9.34. The first kappa shape index (κ1) is 28.7. The molecule has 0 N–H and O–H groups in total. The summed E-state index contributed by atoms with van der Waals surface area (Å²) >= 11 is 0. The second kappa shape index (κ2) is 13.7. The van der Waals surface area contributed by atoms with Gasteiger partial charge in [-0.05, 0) is 44.5 Å². The quantitative estimate of drug-likeness (QED) is 0.262. The standard InChI is InChI=1S/2C18H16O.C2H6/c2*1-13-11-17(14-7-3-2-4-8-14)16-10-6-5-9-15(16)12-18(13)19;1-2/h2*2-11,13H,12H2,1H3;1-2H3/t2*13-;/m00./s1. The predicted molar refractivity (Wildman–Crippen MR) is 167 cm³/mol. The van der Waals surface area contributed by atoms with Gasteiger partial charge in [-0.1, -0.05) is 149 Å². The van der Waals surface area contributed by atoms with E-state index in [1.807, 2.05) is 88.4 Å². The molecular weight excluding hydrogens is 488 g/mol. The van der Waals surface area contributed by atoms with Crippen molar-refractivity contribution in [3.8, 4) is 0 Å². The molecule has 0 unspecified atom stereocenters. The zero-order valence-electron chi connectivity index (χ0n) is 23.9. The Hall–Kier alpha value is -4.30. The lowest BCUT2D eigenvalue weighted by molar-refractivity contribution is -0.121. The third-order valence-corrected chi connectivity index (χ3v) is 7.36. The van der Waals surface area contributed by atoms with Gasteiger partial charge in [-0.2, -0.15) is 0 Å². The number of rotatable bonds is 2. The predicted octanol–water partition coefficient (Wildman–Crippen LogP) is 8.79. The summed E-state index contributed by atoms with van der Waals surface area (Å²) in [7, 11) is 0. The Balaban J connectivity index is 0.000000174. The Kier molecular flexibility index (Phi) is 9.81. The summed E-state index contributed by atoms with van der Waals surface area (Å²) in [6.07, 6.45) is 5.27. The van der Waals surface area contributed by atoms with Crippen molar-refractivity contribution in [1.29, 1.82) is 0 Å². The number of Topliss-reactive ketones (excluding diaryl/α,β-unsaturated/α-hetero) is 2. The van der Waals surface area contributed by atoms with E-state index in [0.29, 0.717) is 24.4 Å². The van der Waals surface area contributed by atoms with E-state index in [-0.39, 0.29) is 11.8 Å². The van der Waals surface area contributed by atoms with Crippen LogP contribution in [0.15, 0.2) is 121 Å². The molecule has 2 aliphatic rings. The van der Waals surface area contributed by atoms with Gasteiger partial charge in [0.05, 0.1) is 0 Å². The third kappa shape index (κ3) is 6.63. The molecule has 0 saturated carbocycles. The number of hydrogen-bond acceptors (Lipinski definition) is 2. The molecule has 0 bridgehead atoms. The van der Waals surface area contributed by atoms with E-state index in [9.17, 15) is 9.59 Å². The van der Waals surface area contributed by atoms with E-state index in [0.717, 1.165) is 11.1 Å². The first-order valence-electron chi connectivity index (χ1n) is 14.3. The van der Waals surface area contributed by atoms with Crippen LogP contribution in [0, 0.1) is 11.8 Å². The molecule has 0 aliphatic heterocycles. The van der Waals surface area contributed by atoms with Gasteiger partial charge in [0.2, 0.25) is 0 Å². The van der Waals surface area contributed by atoms with Crippen LogP contribution in [0.4, 0.5) is 0 Å². The zero-order valence-corrected chi connectivity index (χ0v) is 23.9. The Morgan fingerprint density at radius 1 is 0.475 bits per heavy atom. The number of ketones is 2. The van der Waals surface area contributed by atoms with Crippen molar-refractivity contribution in [2.24, 2.45) is 11.8 Å². The second-order valence-electron chi connectivity index (χ2n) is 10.1. The minimum Gasteiger partial charge on any atom is -0.299 e. The highest BCUT2D eigenvalue weighted by molar-refractivity contribution is 5.94. The Labute approximate surface area is 239 Å². The monoisotopic (exact) mass is 526 g/mol. The van der Waals surface area contributed by atoms with Crippen molar-refractivity contribution >= 4 is 22.7 Å². The summed E-state index contributed by atoms with van der Waals surface area (Å²) in [5, 5.41) is 0. The van der Waals surface area contributed by atoms with E-state index in [1.165, 1.54) is 33.4 Å². The molecule has 40 heavy (non-hydrogen) atoms. The molecule has 2 nitrogen and oxygen atoms in total. The molecule has 0 radical (unpaired) electrons. The van der Waals surface area contributed by atoms with Gasteiger partial charge in [0.25, 0.3) is 0 Å². The highest BCUT2D eigenvalue weighted by Crippen LogP contribution is 2.32. The van der Waals surface area contributed by atoms with Crippen LogP contribution < -0.4 is 0 Å². The van der Waals surface area contributed by atoms with Gasteiger partial charge in [0, 0.05) is 24.7 Å². The topological polar surface area (TPSA) is 34.1 Å². The summed E-state index contributed by atoms with van der Waals surface area (Å²) < 4.78 is 0. The van der Waals surface area contributed by atoms with Gasteiger partial charge in [0.15, 0.2) is 0 Å². The van der Waals surface area contributed by atoms with E-state index in [1.54, 1.807) is 0 Å². The SMILES string of the molecule is CC.C[C@H]1C=C(c2ccccc2)c2ccccc2CC1=O.C[C@H]1C=C(c2ccccc2)c2ccccc2CC1=O. The molecule has 2 heteroatoms. The largest absolute Gasteiger partial charge is 0.299 e. The van der Waals surface area contributed by atoms with Crippen LogP contribution in [-0.4, -0.2) is 11.6 Å². The number of carbonyl (C=O) groups is 2. The number of allylic oxidation sites excluding steroid dienone is 2. The Bertz CT molecular complexity index is 1390. The number of hydrogen-bond donors (Lipinski definition) is 0. The van der Waals surface area contributed by atoms with Gasteiger partial charge in [0.1, 0.15) is 11.6 Å². The molecule has 2 aliphatic carbocycles. The summed E-state index contributed by atoms with van der Waals surface area (Å²) in [6, 6.07) is 37.0. The van der Waals surface area contributed by atoms with Gasteiger partial charge in [-0.3, -0.25) is 9.59 Å². The van der Waals surface area contributed by atoms with Crippen LogP contribution in [-0.2, 0) is 22.4 Å². The molecule has 0 saturated heterocycles. The maximum atomic E-state index is 12.1. The molecule has 0 fully saturated rings. The number of fused-ring (bicyclic) bond motifs is 2. The summed E-state index contributed by atoms with van der Waals surface area (Å²) in [4.78, 5) is 24.2. The van der Waals surface area contributed by atoms with Gasteiger partial charge in [-0.25, -0.2) is 0 Å². The second-order valence-corrected chi connectivity index (χ2v) is 10.1. The zero-order chi connectivity index (χ0) is 28.5. The van der Waals surface area contributed by atoms with Crippen molar-refractivity contribution in [3.63, 3.8) is 0 Å². The average Bonchev–Trinajstić information content (AvgIpc) is 3.22. The Morgan fingerprint density at radius 2 is 0.800 bits per heavy atom. The van der Waals surface area contributed by atoms with E-state index in [4.69, 9.17) is 0 Å². The lowest BCUT2D eigenvalue weighted by Crippen LogP contribution is -2.09. The molecule has 4 aromatic rings. The number of benzene rings is 4. The molecule has 6 rings (SSSR count). The van der Waals surface area contributed by atoms with Crippen LogP contribution >= 0.6 is 0 Å². The lowest BCUT2D eigenvalue weighted by atomic mass is 9.94. The average molecular weight is 527 g/mol. The Morgan fingerprint density at radius 3 is 1.18 bits per heavy atom. The molecule has 0 spiro atoms. The van der Waals surface area contributed by atoms with Crippen molar-refractivity contribution < 1.29 is 9.59 Å². The van der Waals surface area contributed by atoms with Gasteiger partial charge >= 0.3 is 0 Å². The molecule has 0 heterocycles. The molecule has 0 aromatic heterocycles. The normalized spacial score (nSPS) is 17.7. The smallest absolute Gasteiger partial charge is 0.143 e. The van der Waals surface area contributed by atoms with Crippen molar-refractivity contribution in [3.05, 3.63) is 155 Å². The van der Waals surface area contributed by atoms with Crippen LogP contribution in [0.1, 0.15) is 61.1 Å². The van der Waals surface area contributed by atoms with Gasteiger partial charge in [-0.15, -0.1) is 0 Å². The molecular formula is C38H38O2.